The first kappa shape index (κ1) is 17.8. The molecule has 2 heterocycles. The Morgan fingerprint density at radius 3 is 2.74 bits per heavy atom. The predicted octanol–water partition coefficient (Wildman–Crippen LogP) is 3.58. The average Bonchev–Trinajstić information content (AvgIpc) is 2.89. The molecule has 2 amide bonds. The number of likely N-dealkylation sites (tertiary alicyclic amines) is 1. The van der Waals surface area contributed by atoms with Crippen molar-refractivity contribution in [1.82, 2.24) is 10.2 Å². The van der Waals surface area contributed by atoms with Gasteiger partial charge in [-0.3, -0.25) is 4.79 Å². The second-order valence-electron chi connectivity index (χ2n) is 6.96. The predicted molar refractivity (Wildman–Crippen MR) is 92.0 cm³/mol. The van der Waals surface area contributed by atoms with Crippen molar-refractivity contribution in [3.63, 3.8) is 0 Å². The number of carbonyl (C=O) groups excluding carboxylic acids is 2. The minimum atomic E-state index is -0.514. The Bertz CT molecular complexity index is 562. The first-order valence-electron chi connectivity index (χ1n) is 8.10. The Morgan fingerprint density at radius 2 is 2.13 bits per heavy atom. The van der Waals surface area contributed by atoms with Crippen LogP contribution in [0.15, 0.2) is 11.4 Å². The number of nitrogens with one attached hydrogen (secondary N) is 1. The summed E-state index contributed by atoms with van der Waals surface area (Å²) < 4.78 is 5.26. The van der Waals surface area contributed by atoms with Crippen LogP contribution in [0.3, 0.4) is 0 Å². The second-order valence-corrected chi connectivity index (χ2v) is 7.88. The Kier molecular flexibility index (Phi) is 5.68. The van der Waals surface area contributed by atoms with Crippen LogP contribution in [0.2, 0.25) is 0 Å². The van der Waals surface area contributed by atoms with Gasteiger partial charge in [-0.2, -0.15) is 0 Å². The maximum absolute atomic E-state index is 12.8. The number of rotatable bonds is 3. The molecule has 1 aromatic rings. The molecule has 2 rings (SSSR count). The smallest absolute Gasteiger partial charge is 0.407 e. The van der Waals surface area contributed by atoms with Gasteiger partial charge in [0.2, 0.25) is 0 Å². The van der Waals surface area contributed by atoms with Gasteiger partial charge >= 0.3 is 6.09 Å². The first-order valence-corrected chi connectivity index (χ1v) is 8.98. The maximum atomic E-state index is 12.8. The van der Waals surface area contributed by atoms with Crippen molar-refractivity contribution >= 4 is 23.3 Å². The summed E-state index contributed by atoms with van der Waals surface area (Å²) in [5.41, 5.74) is 0.504. The van der Waals surface area contributed by atoms with E-state index in [0.29, 0.717) is 6.54 Å². The Labute approximate surface area is 142 Å². The Balaban J connectivity index is 1.97. The van der Waals surface area contributed by atoms with Gasteiger partial charge in [-0.05, 0) is 64.0 Å². The molecule has 1 aliphatic heterocycles. The molecule has 0 aliphatic carbocycles. The first-order chi connectivity index (χ1) is 10.8. The molecular formula is C17H26N2O3S. The minimum Gasteiger partial charge on any atom is -0.444 e. The summed E-state index contributed by atoms with van der Waals surface area (Å²) >= 11 is 1.48. The molecule has 6 heteroatoms. The molecule has 1 N–H and O–H groups in total. The monoisotopic (exact) mass is 338 g/mol. The summed E-state index contributed by atoms with van der Waals surface area (Å²) in [4.78, 5) is 27.3. The number of piperidine rings is 1. The van der Waals surface area contributed by atoms with Gasteiger partial charge in [0.1, 0.15) is 5.60 Å². The van der Waals surface area contributed by atoms with Crippen LogP contribution in [0, 0.1) is 6.92 Å². The number of ether oxygens (including phenoxy) is 1. The third kappa shape index (κ3) is 4.96. The van der Waals surface area contributed by atoms with Crippen LogP contribution in [0.25, 0.3) is 0 Å². The van der Waals surface area contributed by atoms with Crippen molar-refractivity contribution in [2.45, 2.75) is 58.6 Å². The maximum Gasteiger partial charge on any atom is 0.407 e. The zero-order chi connectivity index (χ0) is 17.0. The summed E-state index contributed by atoms with van der Waals surface area (Å²) in [5, 5.41) is 4.75. The number of nitrogens with zero attached hydrogens (tertiary/aromatic N) is 1. The summed E-state index contributed by atoms with van der Waals surface area (Å²) in [5.74, 6) is 0.0770. The van der Waals surface area contributed by atoms with Gasteiger partial charge < -0.3 is 15.0 Å². The van der Waals surface area contributed by atoms with Crippen LogP contribution in [-0.2, 0) is 4.74 Å². The van der Waals surface area contributed by atoms with E-state index in [-0.39, 0.29) is 11.9 Å². The van der Waals surface area contributed by atoms with E-state index in [9.17, 15) is 9.59 Å². The molecule has 0 radical (unpaired) electrons. The van der Waals surface area contributed by atoms with Gasteiger partial charge in [0.05, 0.1) is 4.88 Å². The molecule has 0 unspecified atom stereocenters. The second kappa shape index (κ2) is 7.34. The molecule has 0 spiro atoms. The number of thiophene rings is 1. The van der Waals surface area contributed by atoms with E-state index in [0.717, 1.165) is 36.2 Å². The molecule has 1 saturated heterocycles. The topological polar surface area (TPSA) is 58.6 Å². The fourth-order valence-electron chi connectivity index (χ4n) is 2.72. The number of alkyl carbamates (subject to hydrolysis) is 1. The third-order valence-corrected chi connectivity index (χ3v) is 4.83. The molecule has 5 nitrogen and oxygen atoms in total. The van der Waals surface area contributed by atoms with Crippen LogP contribution in [0.4, 0.5) is 4.79 Å². The lowest BCUT2D eigenvalue weighted by molar-refractivity contribution is 0.0463. The summed E-state index contributed by atoms with van der Waals surface area (Å²) in [6.45, 7) is 8.65. The lowest BCUT2D eigenvalue weighted by atomic mass is 10.0. The fraction of sp³-hybridized carbons (Fsp3) is 0.647. The molecule has 23 heavy (non-hydrogen) atoms. The lowest BCUT2D eigenvalue weighted by Crippen LogP contribution is -2.49. The summed E-state index contributed by atoms with van der Waals surface area (Å²) in [6.07, 6.45) is 2.57. The van der Waals surface area contributed by atoms with Gasteiger partial charge in [0, 0.05) is 19.1 Å². The zero-order valence-electron chi connectivity index (χ0n) is 14.3. The van der Waals surface area contributed by atoms with Gasteiger partial charge in [-0.25, -0.2) is 4.79 Å². The van der Waals surface area contributed by atoms with Crippen molar-refractivity contribution in [2.75, 3.05) is 13.1 Å². The molecule has 1 aliphatic rings. The quantitative estimate of drug-likeness (QED) is 0.916. The SMILES string of the molecule is Cc1ccsc1C(=O)N1CCCC[C@H]1CNC(=O)OC(C)(C)C. The van der Waals surface area contributed by atoms with Crippen LogP contribution < -0.4 is 5.32 Å². The van der Waals surface area contributed by atoms with Gasteiger partial charge in [0.25, 0.3) is 5.91 Å². The number of hydrogen-bond acceptors (Lipinski definition) is 4. The normalized spacial score (nSPS) is 18.6. The van der Waals surface area contributed by atoms with Crippen LogP contribution in [0.5, 0.6) is 0 Å². The highest BCUT2D eigenvalue weighted by Gasteiger charge is 2.29. The zero-order valence-corrected chi connectivity index (χ0v) is 15.2. The number of aryl methyl sites for hydroxylation is 1. The molecule has 0 bridgehead atoms. The lowest BCUT2D eigenvalue weighted by Gasteiger charge is -2.36. The molecular weight excluding hydrogens is 312 g/mol. The molecule has 1 atom stereocenters. The number of hydrogen-bond donors (Lipinski definition) is 1. The third-order valence-electron chi connectivity index (χ3n) is 3.83. The van der Waals surface area contributed by atoms with E-state index >= 15 is 0 Å². The van der Waals surface area contributed by atoms with E-state index in [2.05, 4.69) is 5.32 Å². The highest BCUT2D eigenvalue weighted by Crippen LogP contribution is 2.23. The van der Waals surface area contributed by atoms with Gasteiger partial charge in [0.15, 0.2) is 0 Å². The minimum absolute atomic E-state index is 0.0327. The standard InChI is InChI=1S/C17H26N2O3S/c1-12-8-10-23-14(12)15(20)19-9-6-5-7-13(19)11-18-16(21)22-17(2,3)4/h8,10,13H,5-7,9,11H2,1-4H3,(H,18,21)/t13-/m0/s1. The van der Waals surface area contributed by atoms with E-state index in [4.69, 9.17) is 4.74 Å². The number of carbonyl (C=O) groups is 2. The summed E-state index contributed by atoms with van der Waals surface area (Å²) in [7, 11) is 0. The van der Waals surface area contributed by atoms with Crippen molar-refractivity contribution < 1.29 is 14.3 Å². The highest BCUT2D eigenvalue weighted by molar-refractivity contribution is 7.12. The fourth-order valence-corrected chi connectivity index (χ4v) is 3.60. The average molecular weight is 338 g/mol. The van der Waals surface area contributed by atoms with Crippen molar-refractivity contribution in [2.24, 2.45) is 0 Å². The largest absolute Gasteiger partial charge is 0.444 e. The Hall–Kier alpha value is -1.56. The van der Waals surface area contributed by atoms with Crippen LogP contribution in [0.1, 0.15) is 55.3 Å². The molecule has 128 valence electrons. The summed E-state index contributed by atoms with van der Waals surface area (Å²) in [6, 6.07) is 2.00. The van der Waals surface area contributed by atoms with E-state index in [1.807, 2.05) is 44.0 Å². The Morgan fingerprint density at radius 1 is 1.39 bits per heavy atom. The van der Waals surface area contributed by atoms with Crippen LogP contribution >= 0.6 is 11.3 Å². The van der Waals surface area contributed by atoms with E-state index in [1.54, 1.807) is 0 Å². The van der Waals surface area contributed by atoms with E-state index in [1.165, 1.54) is 11.3 Å². The molecule has 0 saturated carbocycles. The van der Waals surface area contributed by atoms with Gasteiger partial charge in [-0.15, -0.1) is 11.3 Å². The number of amides is 2. The van der Waals surface area contributed by atoms with Gasteiger partial charge in [-0.1, -0.05) is 0 Å². The van der Waals surface area contributed by atoms with E-state index < -0.39 is 11.7 Å². The van der Waals surface area contributed by atoms with Crippen molar-refractivity contribution in [1.29, 1.82) is 0 Å². The van der Waals surface area contributed by atoms with Crippen molar-refractivity contribution in [3.8, 4) is 0 Å². The molecule has 0 aromatic carbocycles. The molecule has 1 aromatic heterocycles. The highest BCUT2D eigenvalue weighted by atomic mass is 32.1. The molecule has 1 fully saturated rings. The van der Waals surface area contributed by atoms with Crippen molar-refractivity contribution in [3.05, 3.63) is 21.9 Å². The van der Waals surface area contributed by atoms with Crippen LogP contribution in [-0.4, -0.2) is 41.6 Å².